The first kappa shape index (κ1) is 20.7. The number of likely N-dealkylation sites (N-methyl/N-ethyl adjacent to an activating group) is 1. The Labute approximate surface area is 135 Å². The van der Waals surface area contributed by atoms with Gasteiger partial charge in [-0.1, -0.05) is 45.4 Å². The second-order valence-corrected chi connectivity index (χ2v) is 6.70. The summed E-state index contributed by atoms with van der Waals surface area (Å²) in [4.78, 5) is 25.2. The fraction of sp³-hybridized carbons (Fsp3) is 0.882. The van der Waals surface area contributed by atoms with Crippen molar-refractivity contribution in [1.82, 2.24) is 10.2 Å². The first-order valence-electron chi connectivity index (χ1n) is 8.48. The maximum absolute atomic E-state index is 12.1. The minimum Gasteiger partial charge on any atom is -0.444 e. The number of amides is 2. The number of unbranched alkanes of at least 4 members (excludes halogenated alkanes) is 6. The van der Waals surface area contributed by atoms with E-state index in [0.717, 1.165) is 12.8 Å². The predicted molar refractivity (Wildman–Crippen MR) is 89.9 cm³/mol. The molecule has 0 fully saturated rings. The van der Waals surface area contributed by atoms with Crippen molar-refractivity contribution in [2.24, 2.45) is 0 Å². The Balaban J connectivity index is 4.19. The summed E-state index contributed by atoms with van der Waals surface area (Å²) in [5.41, 5.74) is -0.543. The van der Waals surface area contributed by atoms with E-state index in [1.165, 1.54) is 37.0 Å². The smallest absolute Gasteiger partial charge is 0.410 e. The molecule has 1 N–H and O–H groups in total. The molecule has 0 aromatic rings. The van der Waals surface area contributed by atoms with Gasteiger partial charge in [0.2, 0.25) is 5.91 Å². The number of ether oxygens (including phenoxy) is 1. The third-order valence-corrected chi connectivity index (χ3v) is 3.30. The monoisotopic (exact) mass is 314 g/mol. The molecule has 2 amide bonds. The van der Waals surface area contributed by atoms with Crippen molar-refractivity contribution >= 4 is 12.0 Å². The summed E-state index contributed by atoms with van der Waals surface area (Å²) in [5, 5.41) is 2.55. The molecule has 0 spiro atoms. The largest absolute Gasteiger partial charge is 0.444 e. The lowest BCUT2D eigenvalue weighted by atomic mass is 10.1. The van der Waals surface area contributed by atoms with Gasteiger partial charge >= 0.3 is 6.09 Å². The summed E-state index contributed by atoms with van der Waals surface area (Å²) in [5.74, 6) is -0.172. The Hall–Kier alpha value is -1.26. The first-order chi connectivity index (χ1) is 10.3. The van der Waals surface area contributed by atoms with Crippen LogP contribution in [0.25, 0.3) is 0 Å². The summed E-state index contributed by atoms with van der Waals surface area (Å²) in [7, 11) is 1.57. The Bertz CT molecular complexity index is 324. The number of carbonyl (C=O) groups is 2. The van der Waals surface area contributed by atoms with Crippen molar-refractivity contribution in [2.45, 2.75) is 78.2 Å². The Kier molecular flexibility index (Phi) is 10.7. The van der Waals surface area contributed by atoms with Crippen molar-refractivity contribution in [3.8, 4) is 0 Å². The van der Waals surface area contributed by atoms with Gasteiger partial charge in [-0.15, -0.1) is 0 Å². The Morgan fingerprint density at radius 1 is 1.00 bits per heavy atom. The first-order valence-corrected chi connectivity index (χ1v) is 8.48. The molecule has 0 aliphatic carbocycles. The average molecular weight is 314 g/mol. The standard InChI is InChI=1S/C17H34N2O3/c1-6-7-8-9-10-11-12-13-19(14-15(20)18-5)16(21)22-17(2,3)4/h6-14H2,1-5H3,(H,18,20). The normalized spacial score (nSPS) is 11.1. The van der Waals surface area contributed by atoms with Gasteiger partial charge in [-0.2, -0.15) is 0 Å². The van der Waals surface area contributed by atoms with Crippen LogP contribution in [0.3, 0.4) is 0 Å². The highest BCUT2D eigenvalue weighted by atomic mass is 16.6. The Morgan fingerprint density at radius 2 is 1.55 bits per heavy atom. The van der Waals surface area contributed by atoms with Crippen LogP contribution in [0.1, 0.15) is 72.6 Å². The van der Waals surface area contributed by atoms with Crippen LogP contribution in [0.15, 0.2) is 0 Å². The van der Waals surface area contributed by atoms with Crippen molar-refractivity contribution in [2.75, 3.05) is 20.1 Å². The Morgan fingerprint density at radius 3 is 2.05 bits per heavy atom. The number of hydrogen-bond acceptors (Lipinski definition) is 3. The fourth-order valence-electron chi connectivity index (χ4n) is 2.07. The number of hydrogen-bond donors (Lipinski definition) is 1. The van der Waals surface area contributed by atoms with Crippen molar-refractivity contribution in [3.05, 3.63) is 0 Å². The van der Waals surface area contributed by atoms with Crippen LogP contribution in [0.4, 0.5) is 4.79 Å². The van der Waals surface area contributed by atoms with E-state index < -0.39 is 11.7 Å². The van der Waals surface area contributed by atoms with Crippen LogP contribution in [0, 0.1) is 0 Å². The van der Waals surface area contributed by atoms with E-state index in [4.69, 9.17) is 4.74 Å². The third-order valence-electron chi connectivity index (χ3n) is 3.30. The highest BCUT2D eigenvalue weighted by molar-refractivity contribution is 5.82. The lowest BCUT2D eigenvalue weighted by Crippen LogP contribution is -2.42. The highest BCUT2D eigenvalue weighted by Crippen LogP contribution is 2.12. The van der Waals surface area contributed by atoms with Gasteiger partial charge in [-0.25, -0.2) is 4.79 Å². The minimum absolute atomic E-state index is 0.0568. The molecule has 0 aliphatic rings. The van der Waals surface area contributed by atoms with Gasteiger partial charge in [-0.05, 0) is 27.2 Å². The van der Waals surface area contributed by atoms with E-state index in [-0.39, 0.29) is 12.5 Å². The molecule has 22 heavy (non-hydrogen) atoms. The minimum atomic E-state index is -0.543. The SMILES string of the molecule is CCCCCCCCCN(CC(=O)NC)C(=O)OC(C)(C)C. The molecule has 0 rings (SSSR count). The summed E-state index contributed by atoms with van der Waals surface area (Å²) in [6, 6.07) is 0. The number of nitrogens with one attached hydrogen (secondary N) is 1. The third kappa shape index (κ3) is 11.4. The molecule has 0 heterocycles. The zero-order valence-electron chi connectivity index (χ0n) is 15.0. The lowest BCUT2D eigenvalue weighted by Gasteiger charge is -2.27. The van der Waals surface area contributed by atoms with Gasteiger partial charge in [0, 0.05) is 13.6 Å². The molecule has 0 bridgehead atoms. The second-order valence-electron chi connectivity index (χ2n) is 6.70. The van der Waals surface area contributed by atoms with E-state index in [9.17, 15) is 9.59 Å². The lowest BCUT2D eigenvalue weighted by molar-refractivity contribution is -0.121. The molecule has 0 radical (unpaired) electrons. The van der Waals surface area contributed by atoms with Crippen LogP contribution in [-0.2, 0) is 9.53 Å². The van der Waals surface area contributed by atoms with Gasteiger partial charge in [0.05, 0.1) is 0 Å². The molecule has 0 saturated heterocycles. The second kappa shape index (κ2) is 11.3. The molecular formula is C17H34N2O3. The molecule has 0 unspecified atom stereocenters. The predicted octanol–water partition coefficient (Wildman–Crippen LogP) is 3.72. The van der Waals surface area contributed by atoms with Gasteiger partial charge in [0.25, 0.3) is 0 Å². The van der Waals surface area contributed by atoms with Crippen LogP contribution >= 0.6 is 0 Å². The molecular weight excluding hydrogens is 280 g/mol. The quantitative estimate of drug-likeness (QED) is 0.625. The van der Waals surface area contributed by atoms with Crippen molar-refractivity contribution in [1.29, 1.82) is 0 Å². The number of nitrogens with zero attached hydrogens (tertiary/aromatic N) is 1. The maximum Gasteiger partial charge on any atom is 0.410 e. The molecule has 5 heteroatoms. The van der Waals surface area contributed by atoms with E-state index in [0.29, 0.717) is 6.54 Å². The van der Waals surface area contributed by atoms with E-state index in [1.54, 1.807) is 7.05 Å². The topological polar surface area (TPSA) is 58.6 Å². The van der Waals surface area contributed by atoms with Gasteiger partial charge in [0.15, 0.2) is 0 Å². The van der Waals surface area contributed by atoms with Gasteiger partial charge < -0.3 is 10.1 Å². The van der Waals surface area contributed by atoms with Crippen LogP contribution in [0.2, 0.25) is 0 Å². The molecule has 0 saturated carbocycles. The summed E-state index contributed by atoms with van der Waals surface area (Å²) < 4.78 is 5.36. The molecule has 5 nitrogen and oxygen atoms in total. The van der Waals surface area contributed by atoms with Gasteiger partial charge in [-0.3, -0.25) is 9.69 Å². The summed E-state index contributed by atoms with van der Waals surface area (Å²) in [6.07, 6.45) is 7.82. The zero-order chi connectivity index (χ0) is 17.0. The number of carbonyl (C=O) groups excluding carboxylic acids is 2. The molecule has 0 atom stereocenters. The van der Waals surface area contributed by atoms with Crippen molar-refractivity contribution in [3.63, 3.8) is 0 Å². The fourth-order valence-corrected chi connectivity index (χ4v) is 2.07. The van der Waals surface area contributed by atoms with E-state index in [2.05, 4.69) is 12.2 Å². The van der Waals surface area contributed by atoms with E-state index >= 15 is 0 Å². The molecule has 0 aliphatic heterocycles. The number of rotatable bonds is 10. The van der Waals surface area contributed by atoms with E-state index in [1.807, 2.05) is 20.8 Å². The summed E-state index contributed by atoms with van der Waals surface area (Å²) >= 11 is 0. The van der Waals surface area contributed by atoms with Crippen LogP contribution in [0.5, 0.6) is 0 Å². The van der Waals surface area contributed by atoms with Gasteiger partial charge in [0.1, 0.15) is 12.1 Å². The molecule has 0 aromatic heterocycles. The maximum atomic E-state index is 12.1. The van der Waals surface area contributed by atoms with Crippen molar-refractivity contribution < 1.29 is 14.3 Å². The molecule has 130 valence electrons. The van der Waals surface area contributed by atoms with Crippen LogP contribution < -0.4 is 5.32 Å². The summed E-state index contributed by atoms with van der Waals surface area (Å²) in [6.45, 7) is 8.32. The average Bonchev–Trinajstić information content (AvgIpc) is 2.42. The zero-order valence-corrected chi connectivity index (χ0v) is 15.0. The molecule has 0 aromatic carbocycles. The van der Waals surface area contributed by atoms with Crippen LogP contribution in [-0.4, -0.2) is 42.6 Å². The highest BCUT2D eigenvalue weighted by Gasteiger charge is 2.23.